The number of imidazole rings is 1. The first-order valence-electron chi connectivity index (χ1n) is 14.7. The molecule has 4 heterocycles. The van der Waals surface area contributed by atoms with Crippen molar-refractivity contribution in [2.45, 2.75) is 57.0 Å². The van der Waals surface area contributed by atoms with Gasteiger partial charge in [-0.1, -0.05) is 12.1 Å². The molecule has 41 heavy (non-hydrogen) atoms. The van der Waals surface area contributed by atoms with Gasteiger partial charge in [0, 0.05) is 37.8 Å². The highest BCUT2D eigenvalue weighted by Crippen LogP contribution is 2.30. The smallest absolute Gasteiger partial charge is 0.296 e. The van der Waals surface area contributed by atoms with Crippen LogP contribution in [0.5, 0.6) is 0 Å². The van der Waals surface area contributed by atoms with Crippen molar-refractivity contribution in [1.29, 1.82) is 0 Å². The number of carbonyl (C=O) groups is 1. The first-order valence-corrected chi connectivity index (χ1v) is 14.7. The minimum atomic E-state index is -2.76. The van der Waals surface area contributed by atoms with Gasteiger partial charge in [-0.05, 0) is 64.3 Å². The highest BCUT2D eigenvalue weighted by molar-refractivity contribution is 5.79. The number of hydrogen-bond acceptors (Lipinski definition) is 8. The molecule has 0 radical (unpaired) electrons. The zero-order valence-electron chi connectivity index (χ0n) is 23.4. The summed E-state index contributed by atoms with van der Waals surface area (Å²) in [5.41, 5.74) is 1.06. The SMILES string of the molecule is CN1CCC[C@H](C(=O)N[C@H]2CC[C@H](Nc3cc(-n4c(C(F)F)nc5ccccc54)nc(N4CCOCC4)n3)CC2)C1. The molecule has 1 aliphatic carbocycles. The Balaban J connectivity index is 1.20. The minimum absolute atomic E-state index is 0.0695. The largest absolute Gasteiger partial charge is 0.378 e. The predicted octanol–water partition coefficient (Wildman–Crippen LogP) is 3.77. The van der Waals surface area contributed by atoms with Crippen LogP contribution < -0.4 is 15.5 Å². The average Bonchev–Trinajstić information content (AvgIpc) is 3.39. The summed E-state index contributed by atoms with van der Waals surface area (Å²) < 4.78 is 35.2. The number of rotatable bonds is 7. The van der Waals surface area contributed by atoms with Gasteiger partial charge in [0.1, 0.15) is 11.6 Å². The van der Waals surface area contributed by atoms with E-state index in [0.29, 0.717) is 54.9 Å². The van der Waals surface area contributed by atoms with Gasteiger partial charge >= 0.3 is 0 Å². The lowest BCUT2D eigenvalue weighted by Crippen LogP contribution is -2.46. The topological polar surface area (TPSA) is 100 Å². The molecule has 3 fully saturated rings. The number of amides is 1. The molecule has 1 saturated carbocycles. The summed E-state index contributed by atoms with van der Waals surface area (Å²) in [6.45, 7) is 4.23. The van der Waals surface area contributed by atoms with E-state index in [1.807, 2.05) is 11.0 Å². The van der Waals surface area contributed by atoms with Gasteiger partial charge in [-0.25, -0.2) is 13.8 Å². The maximum Gasteiger partial charge on any atom is 0.296 e. The van der Waals surface area contributed by atoms with Gasteiger partial charge in [0.15, 0.2) is 5.82 Å². The molecule has 6 rings (SSSR count). The Morgan fingerprint density at radius 2 is 1.76 bits per heavy atom. The van der Waals surface area contributed by atoms with E-state index in [2.05, 4.69) is 27.6 Å². The molecule has 1 amide bonds. The number of para-hydroxylation sites is 2. The highest BCUT2D eigenvalue weighted by Gasteiger charge is 2.29. The van der Waals surface area contributed by atoms with E-state index >= 15 is 0 Å². The minimum Gasteiger partial charge on any atom is -0.378 e. The maximum absolute atomic E-state index is 14.1. The lowest BCUT2D eigenvalue weighted by atomic mass is 9.90. The van der Waals surface area contributed by atoms with E-state index in [1.165, 1.54) is 4.57 Å². The van der Waals surface area contributed by atoms with Crippen molar-refractivity contribution in [3.63, 3.8) is 0 Å². The van der Waals surface area contributed by atoms with Crippen molar-refractivity contribution in [3.05, 3.63) is 36.2 Å². The summed E-state index contributed by atoms with van der Waals surface area (Å²) in [5.74, 6) is 1.32. The summed E-state index contributed by atoms with van der Waals surface area (Å²) in [5, 5.41) is 6.84. The number of piperidine rings is 1. The van der Waals surface area contributed by atoms with Crippen molar-refractivity contribution in [3.8, 4) is 5.82 Å². The number of halogens is 2. The Labute approximate surface area is 238 Å². The van der Waals surface area contributed by atoms with Crippen LogP contribution >= 0.6 is 0 Å². The third kappa shape index (κ3) is 6.28. The second kappa shape index (κ2) is 12.2. The standard InChI is InChI=1S/C29H38F2N8O2/c1-37-12-4-5-19(18-37)28(40)33-21-10-8-20(9-11-21)32-24-17-25(36-29(35-24)38-13-15-41-16-14-38)39-23-7-3-2-6-22(23)34-27(39)26(30)31/h2-3,6-7,17,19-21,26H,4-5,8-16,18H2,1H3,(H,33,40)(H,32,35,36)/t19-,20-,21-/m0/s1. The van der Waals surface area contributed by atoms with E-state index in [1.54, 1.807) is 24.3 Å². The number of aromatic nitrogens is 4. The molecule has 12 heteroatoms. The van der Waals surface area contributed by atoms with Crippen molar-refractivity contribution in [2.75, 3.05) is 56.7 Å². The number of morpholine rings is 1. The molecule has 0 spiro atoms. The monoisotopic (exact) mass is 568 g/mol. The Kier molecular flexibility index (Phi) is 8.29. The predicted molar refractivity (Wildman–Crippen MR) is 153 cm³/mol. The normalized spacial score (nSPS) is 24.1. The van der Waals surface area contributed by atoms with Gasteiger partial charge in [-0.15, -0.1) is 0 Å². The van der Waals surface area contributed by atoms with Gasteiger partial charge in [0.25, 0.3) is 6.43 Å². The fourth-order valence-corrected chi connectivity index (χ4v) is 6.24. The molecule has 0 unspecified atom stereocenters. The van der Waals surface area contributed by atoms with Crippen LogP contribution in [0.2, 0.25) is 0 Å². The third-order valence-corrected chi connectivity index (χ3v) is 8.43. The Morgan fingerprint density at radius 3 is 2.51 bits per heavy atom. The molecule has 1 aromatic carbocycles. The van der Waals surface area contributed by atoms with Crippen LogP contribution in [0.1, 0.15) is 50.8 Å². The molecule has 220 valence electrons. The zero-order chi connectivity index (χ0) is 28.3. The van der Waals surface area contributed by atoms with Crippen LogP contribution in [0.3, 0.4) is 0 Å². The fourth-order valence-electron chi connectivity index (χ4n) is 6.24. The lowest BCUT2D eigenvalue weighted by Gasteiger charge is -2.33. The summed E-state index contributed by atoms with van der Waals surface area (Å²) in [4.78, 5) is 30.8. The number of anilines is 2. The molecule has 3 aliphatic rings. The van der Waals surface area contributed by atoms with Crippen LogP contribution in [0, 0.1) is 5.92 Å². The van der Waals surface area contributed by atoms with Gasteiger partial charge in [0.2, 0.25) is 11.9 Å². The van der Waals surface area contributed by atoms with Crippen molar-refractivity contribution in [1.82, 2.24) is 29.7 Å². The van der Waals surface area contributed by atoms with Crippen LogP contribution in [0.25, 0.3) is 16.9 Å². The quantitative estimate of drug-likeness (QED) is 0.445. The number of ether oxygens (including phenoxy) is 1. The summed E-state index contributed by atoms with van der Waals surface area (Å²) in [6.07, 6.45) is 2.75. The van der Waals surface area contributed by atoms with E-state index in [-0.39, 0.29) is 29.7 Å². The van der Waals surface area contributed by atoms with Gasteiger partial charge in [-0.3, -0.25) is 9.36 Å². The molecule has 2 aliphatic heterocycles. The van der Waals surface area contributed by atoms with Crippen molar-refractivity contribution in [2.24, 2.45) is 5.92 Å². The molecule has 0 bridgehead atoms. The van der Waals surface area contributed by atoms with Crippen LogP contribution in [0.4, 0.5) is 20.5 Å². The average molecular weight is 569 g/mol. The Hall–Kier alpha value is -3.38. The molecule has 2 N–H and O–H groups in total. The van der Waals surface area contributed by atoms with E-state index < -0.39 is 6.43 Å². The van der Waals surface area contributed by atoms with Gasteiger partial charge in [0.05, 0.1) is 30.2 Å². The number of fused-ring (bicyclic) bond motifs is 1. The number of hydrogen-bond donors (Lipinski definition) is 2. The summed E-state index contributed by atoms with van der Waals surface area (Å²) >= 11 is 0. The summed E-state index contributed by atoms with van der Waals surface area (Å²) in [6, 6.07) is 9.15. The molecule has 1 atom stereocenters. The molecule has 2 aromatic heterocycles. The van der Waals surface area contributed by atoms with Crippen molar-refractivity contribution >= 4 is 28.7 Å². The Bertz CT molecular complexity index is 1350. The molecule has 10 nitrogen and oxygen atoms in total. The second-order valence-electron chi connectivity index (χ2n) is 11.4. The van der Waals surface area contributed by atoms with E-state index in [9.17, 15) is 13.6 Å². The van der Waals surface area contributed by atoms with E-state index in [0.717, 1.165) is 51.6 Å². The number of nitrogens with one attached hydrogen (secondary N) is 2. The van der Waals surface area contributed by atoms with Gasteiger partial charge < -0.3 is 25.2 Å². The maximum atomic E-state index is 14.1. The Morgan fingerprint density at radius 1 is 1.00 bits per heavy atom. The van der Waals surface area contributed by atoms with Crippen LogP contribution in [-0.2, 0) is 9.53 Å². The first kappa shape index (κ1) is 27.8. The van der Waals surface area contributed by atoms with Crippen LogP contribution in [-0.4, -0.2) is 88.9 Å². The molecular weight excluding hydrogens is 530 g/mol. The van der Waals surface area contributed by atoms with Crippen molar-refractivity contribution < 1.29 is 18.3 Å². The van der Waals surface area contributed by atoms with Gasteiger partial charge in [-0.2, -0.15) is 9.97 Å². The lowest BCUT2D eigenvalue weighted by molar-refractivity contribution is -0.127. The zero-order valence-corrected chi connectivity index (χ0v) is 23.4. The molecular formula is C29H38F2N8O2. The second-order valence-corrected chi connectivity index (χ2v) is 11.4. The molecule has 2 saturated heterocycles. The third-order valence-electron chi connectivity index (χ3n) is 8.43. The fraction of sp³-hybridized carbons (Fsp3) is 0.586. The number of benzene rings is 1. The number of carbonyl (C=O) groups excluding carboxylic acids is 1. The van der Waals surface area contributed by atoms with E-state index in [4.69, 9.17) is 14.7 Å². The first-order chi connectivity index (χ1) is 19.9. The summed E-state index contributed by atoms with van der Waals surface area (Å²) in [7, 11) is 2.07. The highest BCUT2D eigenvalue weighted by atomic mass is 19.3. The molecule has 3 aromatic rings. The number of likely N-dealkylation sites (tertiary alicyclic amines) is 1. The number of alkyl halides is 2. The number of nitrogens with zero attached hydrogens (tertiary/aromatic N) is 6. The van der Waals surface area contributed by atoms with Crippen LogP contribution in [0.15, 0.2) is 30.3 Å².